The SMILES string of the molecule is CSC(C)(C)CN1CCC(=O)NC(CC(C)C)C1=O. The summed E-state index contributed by atoms with van der Waals surface area (Å²) in [5.74, 6) is 0.452. The summed E-state index contributed by atoms with van der Waals surface area (Å²) < 4.78 is 0.0193. The van der Waals surface area contributed by atoms with E-state index < -0.39 is 0 Å². The molecule has 0 bridgehead atoms. The predicted molar refractivity (Wildman–Crippen MR) is 80.2 cm³/mol. The molecule has 0 aromatic carbocycles. The van der Waals surface area contributed by atoms with Crippen molar-refractivity contribution >= 4 is 23.6 Å². The molecule has 1 N–H and O–H groups in total. The molecule has 4 nitrogen and oxygen atoms in total. The minimum Gasteiger partial charge on any atom is -0.344 e. The molecule has 0 aliphatic carbocycles. The molecule has 0 saturated carbocycles. The van der Waals surface area contributed by atoms with Crippen LogP contribution in [-0.4, -0.2) is 46.8 Å². The van der Waals surface area contributed by atoms with Crippen LogP contribution in [0.3, 0.4) is 0 Å². The number of thioether (sulfide) groups is 1. The first-order valence-electron chi connectivity index (χ1n) is 6.88. The normalized spacial score (nSPS) is 21.6. The molecule has 1 fully saturated rings. The summed E-state index contributed by atoms with van der Waals surface area (Å²) in [5.41, 5.74) is 0. The number of rotatable bonds is 5. The van der Waals surface area contributed by atoms with Gasteiger partial charge in [-0.2, -0.15) is 11.8 Å². The Labute approximate surface area is 120 Å². The topological polar surface area (TPSA) is 49.4 Å². The van der Waals surface area contributed by atoms with Gasteiger partial charge in [0.15, 0.2) is 0 Å². The third-order valence-corrected chi connectivity index (χ3v) is 4.62. The maximum absolute atomic E-state index is 12.5. The van der Waals surface area contributed by atoms with Crippen LogP contribution in [0.15, 0.2) is 0 Å². The highest BCUT2D eigenvalue weighted by atomic mass is 32.2. The van der Waals surface area contributed by atoms with E-state index in [-0.39, 0.29) is 22.6 Å². The third kappa shape index (κ3) is 5.05. The van der Waals surface area contributed by atoms with Crippen molar-refractivity contribution in [1.29, 1.82) is 0 Å². The molecular formula is C14H26N2O2S. The van der Waals surface area contributed by atoms with Crippen LogP contribution in [0.1, 0.15) is 40.5 Å². The number of hydrogen-bond donors (Lipinski definition) is 1. The zero-order valence-electron chi connectivity index (χ0n) is 12.7. The van der Waals surface area contributed by atoms with Gasteiger partial charge in [-0.1, -0.05) is 13.8 Å². The minimum absolute atomic E-state index is 0.0107. The Morgan fingerprint density at radius 3 is 2.58 bits per heavy atom. The van der Waals surface area contributed by atoms with Crippen LogP contribution in [0.4, 0.5) is 0 Å². The van der Waals surface area contributed by atoms with Crippen LogP contribution >= 0.6 is 11.8 Å². The van der Waals surface area contributed by atoms with Gasteiger partial charge in [-0.15, -0.1) is 0 Å². The monoisotopic (exact) mass is 286 g/mol. The first-order chi connectivity index (χ1) is 8.75. The van der Waals surface area contributed by atoms with Crippen LogP contribution < -0.4 is 5.32 Å². The molecule has 19 heavy (non-hydrogen) atoms. The lowest BCUT2D eigenvalue weighted by atomic mass is 10.0. The molecule has 1 aliphatic heterocycles. The maximum atomic E-state index is 12.5. The summed E-state index contributed by atoms with van der Waals surface area (Å²) in [7, 11) is 0. The zero-order chi connectivity index (χ0) is 14.6. The van der Waals surface area contributed by atoms with Crippen LogP contribution in [-0.2, 0) is 9.59 Å². The second-order valence-electron chi connectivity index (χ2n) is 6.22. The van der Waals surface area contributed by atoms with Crippen molar-refractivity contribution in [2.24, 2.45) is 5.92 Å². The highest BCUT2D eigenvalue weighted by molar-refractivity contribution is 7.99. The lowest BCUT2D eigenvalue weighted by molar-refractivity contribution is -0.134. The highest BCUT2D eigenvalue weighted by Gasteiger charge is 2.33. The van der Waals surface area contributed by atoms with Gasteiger partial charge >= 0.3 is 0 Å². The molecule has 0 spiro atoms. The van der Waals surface area contributed by atoms with Gasteiger partial charge in [0.1, 0.15) is 6.04 Å². The average Bonchev–Trinajstić information content (AvgIpc) is 2.42. The molecule has 1 unspecified atom stereocenters. The molecule has 2 amide bonds. The summed E-state index contributed by atoms with van der Waals surface area (Å²) in [6.45, 7) is 9.62. The Morgan fingerprint density at radius 1 is 1.42 bits per heavy atom. The first kappa shape index (κ1) is 16.3. The second kappa shape index (κ2) is 6.64. The number of carbonyl (C=O) groups excluding carboxylic acids is 2. The van der Waals surface area contributed by atoms with E-state index in [0.717, 1.165) is 0 Å². The quantitative estimate of drug-likeness (QED) is 0.839. The Kier molecular flexibility index (Phi) is 5.71. The van der Waals surface area contributed by atoms with Crippen molar-refractivity contribution in [2.75, 3.05) is 19.3 Å². The fourth-order valence-electron chi connectivity index (χ4n) is 2.21. The second-order valence-corrected chi connectivity index (χ2v) is 7.74. The molecule has 0 aromatic rings. The summed E-state index contributed by atoms with van der Waals surface area (Å²) in [6, 6.07) is -0.354. The molecule has 110 valence electrons. The van der Waals surface area contributed by atoms with Gasteiger partial charge in [0, 0.05) is 24.3 Å². The fourth-order valence-corrected chi connectivity index (χ4v) is 2.49. The molecule has 0 aromatic heterocycles. The van der Waals surface area contributed by atoms with E-state index in [0.29, 0.717) is 31.8 Å². The van der Waals surface area contributed by atoms with Gasteiger partial charge < -0.3 is 10.2 Å². The zero-order valence-corrected chi connectivity index (χ0v) is 13.5. The van der Waals surface area contributed by atoms with Gasteiger partial charge in [0.2, 0.25) is 11.8 Å². The molecule has 1 rings (SSSR count). The minimum atomic E-state index is -0.354. The van der Waals surface area contributed by atoms with E-state index in [9.17, 15) is 9.59 Å². The Bertz CT molecular complexity index is 342. The van der Waals surface area contributed by atoms with Gasteiger partial charge in [0.05, 0.1) is 0 Å². The molecule has 1 heterocycles. The van der Waals surface area contributed by atoms with Crippen molar-refractivity contribution in [2.45, 2.75) is 51.3 Å². The molecule has 1 aliphatic rings. The summed E-state index contributed by atoms with van der Waals surface area (Å²) >= 11 is 1.75. The molecule has 5 heteroatoms. The van der Waals surface area contributed by atoms with Gasteiger partial charge in [-0.25, -0.2) is 0 Å². The van der Waals surface area contributed by atoms with E-state index in [1.165, 1.54) is 0 Å². The molecule has 0 radical (unpaired) electrons. The van der Waals surface area contributed by atoms with Gasteiger partial charge in [-0.05, 0) is 32.4 Å². The highest BCUT2D eigenvalue weighted by Crippen LogP contribution is 2.24. The Morgan fingerprint density at radius 2 is 2.05 bits per heavy atom. The first-order valence-corrected chi connectivity index (χ1v) is 8.11. The molecule has 1 atom stereocenters. The third-order valence-electron chi connectivity index (χ3n) is 3.39. The largest absolute Gasteiger partial charge is 0.344 e. The molecule has 1 saturated heterocycles. The lowest BCUT2D eigenvalue weighted by Gasteiger charge is -2.32. The van der Waals surface area contributed by atoms with Gasteiger partial charge in [-0.3, -0.25) is 9.59 Å². The van der Waals surface area contributed by atoms with Crippen molar-refractivity contribution in [3.63, 3.8) is 0 Å². The standard InChI is InChI=1S/C14H26N2O2S/c1-10(2)8-11-13(18)16(7-6-12(17)15-11)9-14(3,4)19-5/h10-11H,6-9H2,1-5H3,(H,15,17). The van der Waals surface area contributed by atoms with E-state index in [4.69, 9.17) is 0 Å². The van der Waals surface area contributed by atoms with Crippen LogP contribution in [0, 0.1) is 5.92 Å². The summed E-state index contributed by atoms with van der Waals surface area (Å²) in [6.07, 6.45) is 3.17. The predicted octanol–water partition coefficient (Wildman–Crippen LogP) is 1.89. The number of nitrogens with zero attached hydrogens (tertiary/aromatic N) is 1. The lowest BCUT2D eigenvalue weighted by Crippen LogP contribution is -2.48. The number of hydrogen-bond acceptors (Lipinski definition) is 3. The Hall–Kier alpha value is -0.710. The van der Waals surface area contributed by atoms with Crippen molar-refractivity contribution < 1.29 is 9.59 Å². The van der Waals surface area contributed by atoms with Crippen LogP contribution in [0.5, 0.6) is 0 Å². The van der Waals surface area contributed by atoms with Crippen molar-refractivity contribution in [3.05, 3.63) is 0 Å². The number of carbonyl (C=O) groups is 2. The number of amides is 2. The Balaban J connectivity index is 2.80. The fraction of sp³-hybridized carbons (Fsp3) is 0.857. The van der Waals surface area contributed by atoms with E-state index in [2.05, 4.69) is 39.3 Å². The van der Waals surface area contributed by atoms with Crippen LogP contribution in [0.2, 0.25) is 0 Å². The summed E-state index contributed by atoms with van der Waals surface area (Å²) in [4.78, 5) is 26.1. The van der Waals surface area contributed by atoms with Gasteiger partial charge in [0.25, 0.3) is 0 Å². The summed E-state index contributed by atoms with van der Waals surface area (Å²) in [5, 5.41) is 2.86. The van der Waals surface area contributed by atoms with Crippen molar-refractivity contribution in [3.8, 4) is 0 Å². The molecular weight excluding hydrogens is 260 g/mol. The maximum Gasteiger partial charge on any atom is 0.245 e. The van der Waals surface area contributed by atoms with E-state index >= 15 is 0 Å². The number of nitrogens with one attached hydrogen (secondary N) is 1. The van der Waals surface area contributed by atoms with E-state index in [1.807, 2.05) is 4.90 Å². The van der Waals surface area contributed by atoms with Crippen LogP contribution in [0.25, 0.3) is 0 Å². The van der Waals surface area contributed by atoms with Crippen molar-refractivity contribution in [1.82, 2.24) is 10.2 Å². The smallest absolute Gasteiger partial charge is 0.245 e. The van der Waals surface area contributed by atoms with E-state index in [1.54, 1.807) is 11.8 Å². The average molecular weight is 286 g/mol.